The van der Waals surface area contributed by atoms with Gasteiger partial charge in [-0.3, -0.25) is 0 Å². The first-order valence-corrected chi connectivity index (χ1v) is 5.66. The van der Waals surface area contributed by atoms with Gasteiger partial charge in [-0.2, -0.15) is 11.8 Å². The van der Waals surface area contributed by atoms with Crippen LogP contribution in [-0.4, -0.2) is 36.8 Å². The topological polar surface area (TPSA) is 21.3 Å². The fraction of sp³-hybridized carbons (Fsp3) is 1.00. The lowest BCUT2D eigenvalue weighted by Gasteiger charge is -2.18. The Kier molecular flexibility index (Phi) is 4.40. The molecule has 0 saturated carbocycles. The highest BCUT2D eigenvalue weighted by Crippen LogP contribution is 2.25. The van der Waals surface area contributed by atoms with Crippen molar-refractivity contribution >= 4 is 11.8 Å². The second-order valence-electron chi connectivity index (χ2n) is 3.43. The van der Waals surface area contributed by atoms with Crippen LogP contribution in [0, 0.1) is 0 Å². The van der Waals surface area contributed by atoms with E-state index in [2.05, 4.69) is 30.9 Å². The smallest absolute Gasteiger partial charge is 0.0667 e. The fourth-order valence-corrected chi connectivity index (χ4v) is 2.63. The molecule has 2 nitrogen and oxygen atoms in total. The first kappa shape index (κ1) is 10.4. The first-order chi connectivity index (χ1) is 5.74. The Labute approximate surface area is 79.4 Å². The summed E-state index contributed by atoms with van der Waals surface area (Å²) in [6.45, 7) is 5.37. The van der Waals surface area contributed by atoms with E-state index < -0.39 is 0 Å². The summed E-state index contributed by atoms with van der Waals surface area (Å²) in [6, 6.07) is 0.701. The van der Waals surface area contributed by atoms with Crippen molar-refractivity contribution in [1.82, 2.24) is 5.32 Å². The van der Waals surface area contributed by atoms with Gasteiger partial charge in [-0.05, 0) is 19.1 Å². The van der Waals surface area contributed by atoms with Crippen LogP contribution >= 0.6 is 11.8 Å². The lowest BCUT2D eigenvalue weighted by atomic mass is 10.1. The highest BCUT2D eigenvalue weighted by atomic mass is 32.2. The molecule has 1 fully saturated rings. The van der Waals surface area contributed by atoms with Crippen LogP contribution in [0.4, 0.5) is 0 Å². The Morgan fingerprint density at radius 1 is 1.67 bits per heavy atom. The lowest BCUT2D eigenvalue weighted by Crippen LogP contribution is -2.38. The van der Waals surface area contributed by atoms with E-state index in [1.54, 1.807) is 7.11 Å². The Hall–Kier alpha value is 0.270. The number of hydrogen-bond acceptors (Lipinski definition) is 3. The summed E-state index contributed by atoms with van der Waals surface area (Å²) < 4.78 is 5.18. The molecule has 1 saturated heterocycles. The summed E-state index contributed by atoms with van der Waals surface area (Å²) in [5.74, 6) is 1.31. The van der Waals surface area contributed by atoms with Gasteiger partial charge in [0.15, 0.2) is 0 Å². The van der Waals surface area contributed by atoms with Crippen LogP contribution in [0.3, 0.4) is 0 Å². The second kappa shape index (κ2) is 5.10. The zero-order chi connectivity index (χ0) is 8.97. The van der Waals surface area contributed by atoms with Gasteiger partial charge in [0.1, 0.15) is 0 Å². The van der Waals surface area contributed by atoms with E-state index in [9.17, 15) is 0 Å². The predicted octanol–water partition coefficient (Wildman–Crippen LogP) is 1.50. The number of ether oxygens (including phenoxy) is 1. The van der Waals surface area contributed by atoms with Gasteiger partial charge in [0, 0.05) is 24.9 Å². The minimum atomic E-state index is 0.336. The molecule has 0 radical (unpaired) electrons. The van der Waals surface area contributed by atoms with Gasteiger partial charge in [0.05, 0.1) is 6.10 Å². The summed E-state index contributed by atoms with van der Waals surface area (Å²) in [4.78, 5) is 0. The first-order valence-electron chi connectivity index (χ1n) is 4.62. The fourth-order valence-electron chi connectivity index (χ4n) is 1.40. The summed E-state index contributed by atoms with van der Waals surface area (Å²) in [5, 5.41) is 4.31. The molecule has 0 aromatic carbocycles. The molecule has 0 spiro atoms. The molecule has 3 unspecified atom stereocenters. The van der Waals surface area contributed by atoms with E-state index in [1.807, 2.05) is 0 Å². The molecule has 1 N–H and O–H groups in total. The molecular weight excluding hydrogens is 170 g/mol. The maximum atomic E-state index is 5.18. The van der Waals surface area contributed by atoms with Crippen molar-refractivity contribution in [3.8, 4) is 0 Å². The van der Waals surface area contributed by atoms with Crippen molar-refractivity contribution in [2.45, 2.75) is 37.7 Å². The Bertz CT molecular complexity index is 132. The van der Waals surface area contributed by atoms with Crippen LogP contribution in [0.25, 0.3) is 0 Å². The van der Waals surface area contributed by atoms with Crippen LogP contribution in [0.15, 0.2) is 0 Å². The Balaban J connectivity index is 2.13. The number of thioether (sulfide) groups is 1. The molecule has 72 valence electrons. The molecule has 0 bridgehead atoms. The SMILES string of the molecule is COC(C)CNC1CCSC1C. The minimum Gasteiger partial charge on any atom is -0.380 e. The van der Waals surface area contributed by atoms with Gasteiger partial charge in [0.25, 0.3) is 0 Å². The molecule has 0 aromatic rings. The van der Waals surface area contributed by atoms with Gasteiger partial charge in [-0.25, -0.2) is 0 Å². The van der Waals surface area contributed by atoms with E-state index in [-0.39, 0.29) is 0 Å². The summed E-state index contributed by atoms with van der Waals surface area (Å²) in [7, 11) is 1.76. The maximum absolute atomic E-state index is 5.18. The predicted molar refractivity (Wildman–Crippen MR) is 54.8 cm³/mol. The van der Waals surface area contributed by atoms with Crippen molar-refractivity contribution in [1.29, 1.82) is 0 Å². The number of nitrogens with one attached hydrogen (secondary N) is 1. The molecule has 12 heavy (non-hydrogen) atoms. The van der Waals surface area contributed by atoms with E-state index in [4.69, 9.17) is 4.74 Å². The average Bonchev–Trinajstić information content (AvgIpc) is 2.47. The molecule has 1 rings (SSSR count). The van der Waals surface area contributed by atoms with Crippen LogP contribution in [-0.2, 0) is 4.74 Å². The molecule has 0 aromatic heterocycles. The largest absolute Gasteiger partial charge is 0.380 e. The van der Waals surface area contributed by atoms with Crippen LogP contribution < -0.4 is 5.32 Å². The lowest BCUT2D eigenvalue weighted by molar-refractivity contribution is 0.114. The van der Waals surface area contributed by atoms with Gasteiger partial charge < -0.3 is 10.1 Å². The zero-order valence-corrected chi connectivity index (χ0v) is 8.99. The van der Waals surface area contributed by atoms with Crippen LogP contribution in [0.2, 0.25) is 0 Å². The van der Waals surface area contributed by atoms with Crippen LogP contribution in [0.1, 0.15) is 20.3 Å². The maximum Gasteiger partial charge on any atom is 0.0667 e. The van der Waals surface area contributed by atoms with Crippen molar-refractivity contribution in [2.24, 2.45) is 0 Å². The third kappa shape index (κ3) is 2.96. The van der Waals surface area contributed by atoms with Crippen LogP contribution in [0.5, 0.6) is 0 Å². The van der Waals surface area contributed by atoms with Gasteiger partial charge in [0.2, 0.25) is 0 Å². The standard InChI is InChI=1S/C9H19NOS/c1-7(11-3)6-10-9-4-5-12-8(9)2/h7-10H,4-6H2,1-3H3. The van der Waals surface area contributed by atoms with Gasteiger partial charge in [-0.15, -0.1) is 0 Å². The Morgan fingerprint density at radius 2 is 2.42 bits per heavy atom. The number of rotatable bonds is 4. The van der Waals surface area contributed by atoms with Crippen molar-refractivity contribution in [3.05, 3.63) is 0 Å². The molecule has 1 aliphatic rings. The Morgan fingerprint density at radius 3 is 2.92 bits per heavy atom. The minimum absolute atomic E-state index is 0.336. The third-order valence-electron chi connectivity index (χ3n) is 2.45. The average molecular weight is 189 g/mol. The van der Waals surface area contributed by atoms with Crippen molar-refractivity contribution < 1.29 is 4.74 Å². The highest BCUT2D eigenvalue weighted by molar-refractivity contribution is 8.00. The van der Waals surface area contributed by atoms with Gasteiger partial charge in [-0.1, -0.05) is 6.92 Å². The molecule has 1 aliphatic heterocycles. The number of methoxy groups -OCH3 is 1. The molecule has 0 aliphatic carbocycles. The molecule has 3 heteroatoms. The normalized spacial score (nSPS) is 32.2. The third-order valence-corrected chi connectivity index (χ3v) is 3.77. The summed E-state index contributed by atoms with van der Waals surface area (Å²) in [5.41, 5.74) is 0. The molecule has 3 atom stereocenters. The van der Waals surface area contributed by atoms with E-state index in [0.29, 0.717) is 12.1 Å². The molecular formula is C9H19NOS. The summed E-state index contributed by atoms with van der Waals surface area (Å²) >= 11 is 2.06. The molecule has 0 amide bonds. The van der Waals surface area contributed by atoms with E-state index >= 15 is 0 Å². The molecule has 1 heterocycles. The van der Waals surface area contributed by atoms with E-state index in [1.165, 1.54) is 12.2 Å². The second-order valence-corrected chi connectivity index (χ2v) is 4.91. The zero-order valence-electron chi connectivity index (χ0n) is 8.17. The quantitative estimate of drug-likeness (QED) is 0.724. The summed E-state index contributed by atoms with van der Waals surface area (Å²) in [6.07, 6.45) is 1.64. The van der Waals surface area contributed by atoms with Crippen molar-refractivity contribution in [2.75, 3.05) is 19.4 Å². The highest BCUT2D eigenvalue weighted by Gasteiger charge is 2.23. The van der Waals surface area contributed by atoms with E-state index in [0.717, 1.165) is 11.8 Å². The monoisotopic (exact) mass is 189 g/mol. The van der Waals surface area contributed by atoms with Gasteiger partial charge >= 0.3 is 0 Å². The number of hydrogen-bond donors (Lipinski definition) is 1. The van der Waals surface area contributed by atoms with Crippen molar-refractivity contribution in [3.63, 3.8) is 0 Å².